The van der Waals surface area contributed by atoms with Gasteiger partial charge in [0.05, 0.1) is 7.11 Å². The van der Waals surface area contributed by atoms with Crippen LogP contribution in [0.1, 0.15) is 31.2 Å². The molecular weight excluding hydrogens is 260 g/mol. The maximum atomic E-state index is 5.98. The lowest BCUT2D eigenvalue weighted by Gasteiger charge is -2.36. The Balaban J connectivity index is 1.84. The molecule has 0 spiro atoms. The van der Waals surface area contributed by atoms with E-state index < -0.39 is 0 Å². The topological polar surface area (TPSA) is 34.1 Å². The number of hydrogen-bond donors (Lipinski definition) is 1. The number of piperidine rings is 1. The van der Waals surface area contributed by atoms with Crippen LogP contribution in [0.25, 0.3) is 5.57 Å². The minimum absolute atomic E-state index is 0.427. The molecule has 1 aromatic heterocycles. The quantitative estimate of drug-likeness (QED) is 0.843. The van der Waals surface area contributed by atoms with Crippen molar-refractivity contribution in [2.24, 2.45) is 5.92 Å². The van der Waals surface area contributed by atoms with Crippen LogP contribution in [0.5, 0.6) is 5.75 Å². The zero-order chi connectivity index (χ0) is 13.2. The van der Waals surface area contributed by atoms with Crippen molar-refractivity contribution >= 4 is 17.2 Å². The lowest BCUT2D eigenvalue weighted by molar-refractivity contribution is 0.278. The molecule has 0 amide bonds. The van der Waals surface area contributed by atoms with E-state index in [1.165, 1.54) is 18.4 Å². The van der Waals surface area contributed by atoms with Gasteiger partial charge in [0.15, 0.2) is 10.9 Å². The molecule has 3 nitrogen and oxygen atoms in total. The summed E-state index contributed by atoms with van der Waals surface area (Å²) in [7, 11) is 1.63. The zero-order valence-electron chi connectivity index (χ0n) is 11.2. The van der Waals surface area contributed by atoms with E-state index in [0.29, 0.717) is 16.9 Å². The highest BCUT2D eigenvalue weighted by atomic mass is 35.5. The molecule has 2 unspecified atom stereocenters. The molecule has 1 aliphatic carbocycles. The summed E-state index contributed by atoms with van der Waals surface area (Å²) in [5.74, 6) is 1.46. The van der Waals surface area contributed by atoms with Crippen LogP contribution in [0.4, 0.5) is 0 Å². The van der Waals surface area contributed by atoms with E-state index in [0.717, 1.165) is 30.9 Å². The largest absolute Gasteiger partial charge is 0.494 e. The van der Waals surface area contributed by atoms with Crippen molar-refractivity contribution in [3.05, 3.63) is 29.1 Å². The first-order valence-electron chi connectivity index (χ1n) is 6.90. The third-order valence-electron chi connectivity index (χ3n) is 4.23. The number of ether oxygens (including phenoxy) is 1. The number of aromatic nitrogens is 1. The predicted octanol–water partition coefficient (Wildman–Crippen LogP) is 3.29. The lowest BCUT2D eigenvalue weighted by atomic mass is 9.78. The molecule has 2 atom stereocenters. The van der Waals surface area contributed by atoms with Gasteiger partial charge in [-0.05, 0) is 55.3 Å². The Hall–Kier alpha value is -1.06. The van der Waals surface area contributed by atoms with Crippen LogP contribution in [-0.2, 0) is 0 Å². The Kier molecular flexibility index (Phi) is 3.76. The fraction of sp³-hybridized carbons (Fsp3) is 0.533. The number of rotatable bonds is 2. The van der Waals surface area contributed by atoms with Gasteiger partial charge in [-0.3, -0.25) is 0 Å². The molecule has 0 saturated carbocycles. The van der Waals surface area contributed by atoms with Crippen LogP contribution in [-0.4, -0.2) is 24.7 Å². The number of hydrogen-bond acceptors (Lipinski definition) is 3. The standard InChI is InChI=1S/C15H19ClN2O/c1-19-14-8-12(9-18-15(14)16)11-5-4-10-3-2-6-17-13(10)7-11/h5,8-10,13,17H,2-4,6-7H2,1H3. The molecule has 0 radical (unpaired) electrons. The zero-order valence-corrected chi connectivity index (χ0v) is 11.9. The van der Waals surface area contributed by atoms with Crippen LogP contribution in [0.2, 0.25) is 5.15 Å². The van der Waals surface area contributed by atoms with Crippen LogP contribution < -0.4 is 10.1 Å². The summed E-state index contributed by atoms with van der Waals surface area (Å²) in [6, 6.07) is 2.61. The summed E-state index contributed by atoms with van der Waals surface area (Å²) >= 11 is 5.98. The van der Waals surface area contributed by atoms with Crippen molar-refractivity contribution in [3.63, 3.8) is 0 Å². The van der Waals surface area contributed by atoms with E-state index in [-0.39, 0.29) is 0 Å². The van der Waals surface area contributed by atoms with Gasteiger partial charge in [-0.1, -0.05) is 17.7 Å². The number of fused-ring (bicyclic) bond motifs is 1. The van der Waals surface area contributed by atoms with Crippen LogP contribution >= 0.6 is 11.6 Å². The van der Waals surface area contributed by atoms with Crippen molar-refractivity contribution in [1.82, 2.24) is 10.3 Å². The van der Waals surface area contributed by atoms with Gasteiger partial charge in [0.1, 0.15) is 0 Å². The first-order chi connectivity index (χ1) is 9.28. The first kappa shape index (κ1) is 12.9. The Morgan fingerprint density at radius 2 is 2.37 bits per heavy atom. The molecule has 3 rings (SSSR count). The van der Waals surface area contributed by atoms with E-state index in [1.807, 2.05) is 12.3 Å². The summed E-state index contributed by atoms with van der Waals surface area (Å²) in [6.07, 6.45) is 9.11. The fourth-order valence-corrected chi connectivity index (χ4v) is 3.32. The van der Waals surface area contributed by atoms with Crippen LogP contribution in [0.15, 0.2) is 18.3 Å². The van der Waals surface area contributed by atoms with Gasteiger partial charge in [-0.2, -0.15) is 0 Å². The monoisotopic (exact) mass is 278 g/mol. The van der Waals surface area contributed by atoms with Gasteiger partial charge in [-0.25, -0.2) is 4.98 Å². The SMILES string of the molecule is COc1cc(C2=CCC3CCCNC3C2)cnc1Cl. The molecular formula is C15H19ClN2O. The van der Waals surface area contributed by atoms with Gasteiger partial charge in [0.25, 0.3) is 0 Å². The Bertz CT molecular complexity index is 501. The molecule has 1 aromatic rings. The second kappa shape index (κ2) is 5.51. The summed E-state index contributed by atoms with van der Waals surface area (Å²) in [5, 5.41) is 4.07. The maximum Gasteiger partial charge on any atom is 0.171 e. The molecule has 1 aliphatic heterocycles. The Morgan fingerprint density at radius 3 is 3.21 bits per heavy atom. The van der Waals surface area contributed by atoms with Crippen molar-refractivity contribution < 1.29 is 4.74 Å². The molecule has 2 aliphatic rings. The number of nitrogens with zero attached hydrogens (tertiary/aromatic N) is 1. The highest BCUT2D eigenvalue weighted by Crippen LogP contribution is 2.36. The van der Waals surface area contributed by atoms with Gasteiger partial charge in [-0.15, -0.1) is 0 Å². The summed E-state index contributed by atoms with van der Waals surface area (Å²) in [4.78, 5) is 4.21. The minimum Gasteiger partial charge on any atom is -0.494 e. The van der Waals surface area contributed by atoms with Crippen LogP contribution in [0.3, 0.4) is 0 Å². The van der Waals surface area contributed by atoms with Gasteiger partial charge >= 0.3 is 0 Å². The van der Waals surface area contributed by atoms with Crippen molar-refractivity contribution in [2.45, 2.75) is 31.7 Å². The Morgan fingerprint density at radius 1 is 1.47 bits per heavy atom. The normalized spacial score (nSPS) is 26.5. The summed E-state index contributed by atoms with van der Waals surface area (Å²) in [5.41, 5.74) is 2.49. The molecule has 102 valence electrons. The highest BCUT2D eigenvalue weighted by Gasteiger charge is 2.28. The number of allylic oxidation sites excluding steroid dienone is 1. The molecule has 19 heavy (non-hydrogen) atoms. The van der Waals surface area contributed by atoms with Crippen molar-refractivity contribution in [1.29, 1.82) is 0 Å². The average Bonchev–Trinajstić information content (AvgIpc) is 2.47. The van der Waals surface area contributed by atoms with Crippen molar-refractivity contribution in [2.75, 3.05) is 13.7 Å². The lowest BCUT2D eigenvalue weighted by Crippen LogP contribution is -2.42. The molecule has 0 aromatic carbocycles. The molecule has 1 saturated heterocycles. The van der Waals surface area contributed by atoms with Crippen LogP contribution in [0, 0.1) is 5.92 Å². The molecule has 4 heteroatoms. The summed E-state index contributed by atoms with van der Waals surface area (Å²) < 4.78 is 5.25. The molecule has 0 bridgehead atoms. The second-order valence-corrected chi connectivity index (χ2v) is 5.71. The van der Waals surface area contributed by atoms with Gasteiger partial charge < -0.3 is 10.1 Å². The maximum absolute atomic E-state index is 5.98. The molecule has 1 N–H and O–H groups in total. The number of methoxy groups -OCH3 is 1. The fourth-order valence-electron chi connectivity index (χ4n) is 3.14. The van der Waals surface area contributed by atoms with E-state index in [2.05, 4.69) is 16.4 Å². The van der Waals surface area contributed by atoms with E-state index in [1.54, 1.807) is 7.11 Å². The molecule has 2 heterocycles. The third-order valence-corrected chi connectivity index (χ3v) is 4.52. The first-order valence-corrected chi connectivity index (χ1v) is 7.28. The van der Waals surface area contributed by atoms with E-state index in [4.69, 9.17) is 16.3 Å². The number of pyridine rings is 1. The minimum atomic E-state index is 0.427. The van der Waals surface area contributed by atoms with E-state index >= 15 is 0 Å². The smallest absolute Gasteiger partial charge is 0.171 e. The summed E-state index contributed by atoms with van der Waals surface area (Å²) in [6.45, 7) is 1.15. The average molecular weight is 279 g/mol. The second-order valence-electron chi connectivity index (χ2n) is 5.35. The van der Waals surface area contributed by atoms with Crippen molar-refractivity contribution in [3.8, 4) is 5.75 Å². The van der Waals surface area contributed by atoms with Gasteiger partial charge in [0, 0.05) is 12.2 Å². The number of nitrogens with one attached hydrogen (secondary N) is 1. The predicted molar refractivity (Wildman–Crippen MR) is 77.5 cm³/mol. The molecule has 1 fully saturated rings. The Labute approximate surface area is 119 Å². The van der Waals surface area contributed by atoms with E-state index in [9.17, 15) is 0 Å². The highest BCUT2D eigenvalue weighted by molar-refractivity contribution is 6.30. The third kappa shape index (κ3) is 2.63. The van der Waals surface area contributed by atoms with Gasteiger partial charge in [0.2, 0.25) is 0 Å². The number of halogens is 1.